The second kappa shape index (κ2) is 3.39. The Morgan fingerprint density at radius 3 is 2.43 bits per heavy atom. The van der Waals surface area contributed by atoms with E-state index in [4.69, 9.17) is 0 Å². The second-order valence-corrected chi connectivity index (χ2v) is 1.13. The third-order valence-electron chi connectivity index (χ3n) is 0.603. The Morgan fingerprint density at radius 2 is 2.29 bits per heavy atom. The summed E-state index contributed by atoms with van der Waals surface area (Å²) in [6, 6.07) is 4.64. The molecule has 2 heteroatoms. The fourth-order valence-electron chi connectivity index (χ4n) is 0.321. The van der Waals surface area contributed by atoms with E-state index in [1.54, 1.807) is 10.8 Å². The van der Waals surface area contributed by atoms with Crippen LogP contribution >= 0.6 is 0 Å². The molecule has 0 aliphatic rings. The Kier molecular flexibility index (Phi) is 3.58. The molecular formula is C5H5NY-. The monoisotopic (exact) mass is 168 g/mol. The number of hydrogen-bond acceptors (Lipinski definition) is 0. The molecule has 2 radical (unpaired) electrons. The Morgan fingerprint density at radius 1 is 1.57 bits per heavy atom. The number of aromatic nitrogens is 1. The average Bonchev–Trinajstić information content (AvgIpc) is 1.86. The Balaban J connectivity index is 0.000000360. The minimum atomic E-state index is 0. The Bertz CT molecular complexity index is 112. The summed E-state index contributed by atoms with van der Waals surface area (Å²) in [4.78, 5) is 0. The van der Waals surface area contributed by atoms with Crippen molar-refractivity contribution in [2.45, 2.75) is 0 Å². The van der Waals surface area contributed by atoms with Gasteiger partial charge < -0.3 is 4.57 Å². The Hall–Kier alpha value is 0.384. The fraction of sp³-hybridized carbons (Fsp3) is 0. The first-order chi connectivity index (χ1) is 2.89. The Labute approximate surface area is 68.6 Å². The van der Waals surface area contributed by atoms with Crippen molar-refractivity contribution >= 4 is 0 Å². The first-order valence-corrected chi connectivity index (χ1v) is 1.74. The van der Waals surface area contributed by atoms with Crippen LogP contribution in [0, 0.1) is 13.1 Å². The van der Waals surface area contributed by atoms with Gasteiger partial charge in [0.15, 0.2) is 0 Å². The zero-order valence-electron chi connectivity index (χ0n) is 3.96. The van der Waals surface area contributed by atoms with Crippen LogP contribution in [0.25, 0.3) is 0 Å². The molecule has 0 saturated carbocycles. The van der Waals surface area contributed by atoms with Crippen molar-refractivity contribution in [2.24, 2.45) is 0 Å². The van der Waals surface area contributed by atoms with Crippen LogP contribution in [0.3, 0.4) is 0 Å². The molecule has 0 aromatic carbocycles. The number of hydrogen-bond donors (Lipinski definition) is 0. The van der Waals surface area contributed by atoms with Gasteiger partial charge in [0.05, 0.1) is 0 Å². The quantitative estimate of drug-likeness (QED) is 0.507. The molecular weight excluding hydrogens is 163 g/mol. The van der Waals surface area contributed by atoms with Crippen LogP contribution < -0.4 is 0 Å². The molecule has 1 rings (SSSR count). The standard InChI is InChI=1S/C5H5N.Y/c1-6-4-2-3-5-6;/h2,4-5H,1H2;/q-1;. The average molecular weight is 168 g/mol. The number of rotatable bonds is 0. The molecule has 34 valence electrons. The van der Waals surface area contributed by atoms with Crippen molar-refractivity contribution < 1.29 is 32.7 Å². The summed E-state index contributed by atoms with van der Waals surface area (Å²) < 4.78 is 1.69. The third kappa shape index (κ3) is 2.25. The van der Waals surface area contributed by atoms with Crippen molar-refractivity contribution in [1.82, 2.24) is 4.57 Å². The molecule has 0 N–H and O–H groups in total. The SMILES string of the molecule is [CH2]n1c[c-]cc1.[Y]. The maximum atomic E-state index is 3.57. The minimum absolute atomic E-state index is 0. The van der Waals surface area contributed by atoms with Gasteiger partial charge in [-0.3, -0.25) is 0 Å². The van der Waals surface area contributed by atoms with Crippen LogP contribution in [0.5, 0.6) is 0 Å². The van der Waals surface area contributed by atoms with Crippen molar-refractivity contribution in [2.75, 3.05) is 0 Å². The maximum Gasteiger partial charge on any atom is 0.0196 e. The predicted octanol–water partition coefficient (Wildman–Crippen LogP) is 0.925. The zero-order valence-corrected chi connectivity index (χ0v) is 6.80. The number of nitrogens with zero attached hydrogens (tertiary/aromatic N) is 1. The van der Waals surface area contributed by atoms with Crippen LogP contribution in [0.15, 0.2) is 18.5 Å². The smallest absolute Gasteiger partial charge is 0.0196 e. The minimum Gasteiger partial charge on any atom is -0.447 e. The van der Waals surface area contributed by atoms with Crippen molar-refractivity contribution in [3.05, 3.63) is 31.6 Å². The molecule has 1 heterocycles. The van der Waals surface area contributed by atoms with E-state index in [9.17, 15) is 0 Å². The van der Waals surface area contributed by atoms with Crippen LogP contribution in [0.4, 0.5) is 0 Å². The van der Waals surface area contributed by atoms with Gasteiger partial charge in [-0.25, -0.2) is 12.1 Å². The van der Waals surface area contributed by atoms with Gasteiger partial charge in [0.2, 0.25) is 0 Å². The first kappa shape index (κ1) is 7.38. The third-order valence-corrected chi connectivity index (χ3v) is 0.603. The summed E-state index contributed by atoms with van der Waals surface area (Å²) in [5.41, 5.74) is 0. The molecule has 0 atom stereocenters. The molecule has 0 unspecified atom stereocenters. The molecule has 0 fully saturated rings. The van der Waals surface area contributed by atoms with Gasteiger partial charge in [-0.05, 0) is 0 Å². The van der Waals surface area contributed by atoms with E-state index in [2.05, 4.69) is 13.1 Å². The van der Waals surface area contributed by atoms with E-state index in [0.717, 1.165) is 0 Å². The normalized spacial score (nSPS) is 7.57. The fourth-order valence-corrected chi connectivity index (χ4v) is 0.321. The molecule has 0 bridgehead atoms. The van der Waals surface area contributed by atoms with Crippen LogP contribution in [-0.2, 0) is 32.7 Å². The van der Waals surface area contributed by atoms with Gasteiger partial charge in [-0.1, -0.05) is 0 Å². The summed E-state index contributed by atoms with van der Waals surface area (Å²) in [5, 5.41) is 0. The van der Waals surface area contributed by atoms with Gasteiger partial charge in [0.1, 0.15) is 0 Å². The molecule has 0 spiro atoms. The van der Waals surface area contributed by atoms with E-state index in [0.29, 0.717) is 0 Å². The van der Waals surface area contributed by atoms with E-state index in [1.165, 1.54) is 0 Å². The molecule has 0 aliphatic carbocycles. The van der Waals surface area contributed by atoms with E-state index in [1.807, 2.05) is 12.3 Å². The molecule has 0 amide bonds. The van der Waals surface area contributed by atoms with Gasteiger partial charge in [-0.2, -0.15) is 0 Å². The van der Waals surface area contributed by atoms with E-state index in [-0.39, 0.29) is 32.7 Å². The summed E-state index contributed by atoms with van der Waals surface area (Å²) in [6.07, 6.45) is 3.60. The summed E-state index contributed by atoms with van der Waals surface area (Å²) >= 11 is 0. The molecule has 1 nitrogen and oxygen atoms in total. The molecule has 0 aliphatic heterocycles. The van der Waals surface area contributed by atoms with E-state index < -0.39 is 0 Å². The largest absolute Gasteiger partial charge is 0.447 e. The van der Waals surface area contributed by atoms with Gasteiger partial charge in [0.25, 0.3) is 0 Å². The van der Waals surface area contributed by atoms with Gasteiger partial charge in [-0.15, -0.1) is 12.4 Å². The van der Waals surface area contributed by atoms with Crippen molar-refractivity contribution in [3.63, 3.8) is 0 Å². The summed E-state index contributed by atoms with van der Waals surface area (Å²) in [7, 11) is 3.57. The molecule has 0 saturated heterocycles. The van der Waals surface area contributed by atoms with Crippen molar-refractivity contribution in [3.8, 4) is 0 Å². The van der Waals surface area contributed by atoms with Gasteiger partial charge in [0, 0.05) is 39.8 Å². The topological polar surface area (TPSA) is 4.93 Å². The van der Waals surface area contributed by atoms with Crippen molar-refractivity contribution in [1.29, 1.82) is 0 Å². The van der Waals surface area contributed by atoms with Gasteiger partial charge >= 0.3 is 0 Å². The zero-order chi connectivity index (χ0) is 4.41. The maximum absolute atomic E-state index is 3.57. The van der Waals surface area contributed by atoms with Crippen LogP contribution in [-0.4, -0.2) is 4.57 Å². The summed E-state index contributed by atoms with van der Waals surface area (Å²) in [6.45, 7) is 0. The first-order valence-electron chi connectivity index (χ1n) is 1.74. The predicted molar refractivity (Wildman–Crippen MR) is 24.0 cm³/mol. The second-order valence-electron chi connectivity index (χ2n) is 1.13. The van der Waals surface area contributed by atoms with E-state index >= 15 is 0 Å². The molecule has 1 aromatic heterocycles. The van der Waals surface area contributed by atoms with Crippen LogP contribution in [0.1, 0.15) is 0 Å². The molecule has 1 aromatic rings. The molecule has 7 heavy (non-hydrogen) atoms. The van der Waals surface area contributed by atoms with Crippen LogP contribution in [0.2, 0.25) is 0 Å². The summed E-state index contributed by atoms with van der Waals surface area (Å²) in [5.74, 6) is 0.